The molecule has 2 heterocycles. The number of anilines is 1. The monoisotopic (exact) mass is 239 g/mol. The Balaban J connectivity index is 2.02. The van der Waals surface area contributed by atoms with Crippen LogP contribution in [-0.4, -0.2) is 11.7 Å². The third kappa shape index (κ3) is 1.64. The van der Waals surface area contributed by atoms with Crippen LogP contribution in [0.4, 0.5) is 5.69 Å². The van der Waals surface area contributed by atoms with Gasteiger partial charge < -0.3 is 9.73 Å². The molecular formula is C14H9NO3. The summed E-state index contributed by atoms with van der Waals surface area (Å²) in [6.07, 6.45) is 2.73. The molecule has 0 aliphatic carbocycles. The lowest BCUT2D eigenvalue weighted by Crippen LogP contribution is -2.05. The van der Waals surface area contributed by atoms with E-state index >= 15 is 0 Å². The van der Waals surface area contributed by atoms with E-state index in [-0.39, 0.29) is 17.5 Å². The van der Waals surface area contributed by atoms with Gasteiger partial charge in [-0.3, -0.25) is 9.59 Å². The molecule has 0 saturated carbocycles. The third-order valence-electron chi connectivity index (χ3n) is 2.75. The van der Waals surface area contributed by atoms with E-state index in [1.54, 1.807) is 24.3 Å². The van der Waals surface area contributed by atoms with E-state index in [0.717, 1.165) is 11.3 Å². The highest BCUT2D eigenvalue weighted by atomic mass is 16.3. The predicted molar refractivity (Wildman–Crippen MR) is 66.1 cm³/mol. The number of nitrogens with one attached hydrogen (secondary N) is 1. The quantitative estimate of drug-likeness (QED) is 0.647. The Morgan fingerprint density at radius 1 is 1.17 bits per heavy atom. The summed E-state index contributed by atoms with van der Waals surface area (Å²) in [5.41, 5.74) is 1.83. The Bertz CT molecular complexity index is 653. The summed E-state index contributed by atoms with van der Waals surface area (Å²) < 4.78 is 5.00. The predicted octanol–water partition coefficient (Wildman–Crippen LogP) is 2.50. The highest BCUT2D eigenvalue weighted by Crippen LogP contribution is 2.31. The molecule has 1 aromatic carbocycles. The summed E-state index contributed by atoms with van der Waals surface area (Å²) in [4.78, 5) is 23.6. The number of benzene rings is 1. The highest BCUT2D eigenvalue weighted by Gasteiger charge is 2.24. The zero-order valence-electron chi connectivity index (χ0n) is 9.34. The van der Waals surface area contributed by atoms with E-state index in [4.69, 9.17) is 4.42 Å². The second-order valence-corrected chi connectivity index (χ2v) is 3.90. The molecule has 0 radical (unpaired) electrons. The Morgan fingerprint density at radius 3 is 2.78 bits per heavy atom. The molecule has 88 valence electrons. The molecule has 0 bridgehead atoms. The molecule has 0 fully saturated rings. The van der Waals surface area contributed by atoms with Gasteiger partial charge in [-0.25, -0.2) is 0 Å². The van der Waals surface area contributed by atoms with Crippen LogP contribution in [0, 0.1) is 0 Å². The molecule has 1 N–H and O–H groups in total. The van der Waals surface area contributed by atoms with Crippen molar-refractivity contribution >= 4 is 23.0 Å². The van der Waals surface area contributed by atoms with Crippen molar-refractivity contribution < 1.29 is 14.0 Å². The van der Waals surface area contributed by atoms with Crippen LogP contribution >= 0.6 is 0 Å². The molecule has 4 nitrogen and oxygen atoms in total. The lowest BCUT2D eigenvalue weighted by Gasteiger charge is -1.96. The first kappa shape index (κ1) is 10.5. The van der Waals surface area contributed by atoms with Crippen molar-refractivity contribution in [2.24, 2.45) is 0 Å². The highest BCUT2D eigenvalue weighted by molar-refractivity contribution is 6.34. The number of ketones is 1. The molecule has 1 aromatic heterocycles. The zero-order valence-corrected chi connectivity index (χ0v) is 9.34. The van der Waals surface area contributed by atoms with Gasteiger partial charge in [0.15, 0.2) is 5.76 Å². The second-order valence-electron chi connectivity index (χ2n) is 3.90. The fraction of sp³-hybridized carbons (Fsp3) is 0. The average Bonchev–Trinajstić information content (AvgIpc) is 2.98. The summed E-state index contributed by atoms with van der Waals surface area (Å²) in [5.74, 6) is -0.363. The van der Waals surface area contributed by atoms with Crippen LogP contribution in [-0.2, 0) is 4.79 Å². The fourth-order valence-electron chi connectivity index (χ4n) is 1.90. The van der Waals surface area contributed by atoms with Crippen LogP contribution in [0.3, 0.4) is 0 Å². The van der Waals surface area contributed by atoms with E-state index in [0.29, 0.717) is 5.57 Å². The van der Waals surface area contributed by atoms with Gasteiger partial charge in [0.05, 0.1) is 11.8 Å². The van der Waals surface area contributed by atoms with Crippen LogP contribution in [0.2, 0.25) is 0 Å². The van der Waals surface area contributed by atoms with Crippen molar-refractivity contribution in [2.45, 2.75) is 0 Å². The number of para-hydroxylation sites is 1. The number of fused-ring (bicyclic) bond motifs is 1. The summed E-state index contributed by atoms with van der Waals surface area (Å²) >= 11 is 0. The maximum Gasteiger partial charge on any atom is 0.256 e. The largest absolute Gasteiger partial charge is 0.461 e. The van der Waals surface area contributed by atoms with E-state index in [9.17, 15) is 9.59 Å². The molecule has 0 saturated heterocycles. The number of furan rings is 1. The van der Waals surface area contributed by atoms with Crippen LogP contribution in [0.5, 0.6) is 0 Å². The standard InChI is InChI=1S/C14H9NO3/c16-12(13-6-3-7-18-13)8-10-9-4-1-2-5-11(9)15-14(10)17/h1-8H,(H,15,17). The maximum atomic E-state index is 11.9. The fourth-order valence-corrected chi connectivity index (χ4v) is 1.90. The van der Waals surface area contributed by atoms with Crippen molar-refractivity contribution in [2.75, 3.05) is 5.32 Å². The van der Waals surface area contributed by atoms with Crippen molar-refractivity contribution in [1.82, 2.24) is 0 Å². The smallest absolute Gasteiger partial charge is 0.256 e. The molecule has 2 aromatic rings. The molecule has 0 unspecified atom stereocenters. The molecule has 1 aliphatic heterocycles. The topological polar surface area (TPSA) is 59.3 Å². The summed E-state index contributed by atoms with van der Waals surface area (Å²) in [6, 6.07) is 10.5. The molecular weight excluding hydrogens is 230 g/mol. The van der Waals surface area contributed by atoms with Gasteiger partial charge in [-0.05, 0) is 18.2 Å². The molecule has 3 rings (SSSR count). The lowest BCUT2D eigenvalue weighted by molar-refractivity contribution is -0.110. The van der Waals surface area contributed by atoms with Crippen molar-refractivity contribution in [3.05, 3.63) is 60.1 Å². The second kappa shape index (κ2) is 4.00. The summed E-state index contributed by atoms with van der Waals surface area (Å²) in [5, 5.41) is 2.71. The number of amides is 1. The third-order valence-corrected chi connectivity index (χ3v) is 2.75. The van der Waals surface area contributed by atoms with Crippen LogP contribution in [0.1, 0.15) is 16.1 Å². The SMILES string of the molecule is O=C1Nc2ccccc2C1=CC(=O)c1ccco1. The van der Waals surface area contributed by atoms with E-state index in [1.165, 1.54) is 12.3 Å². The van der Waals surface area contributed by atoms with E-state index < -0.39 is 0 Å². The first-order valence-electron chi connectivity index (χ1n) is 5.46. The van der Waals surface area contributed by atoms with Gasteiger partial charge in [0, 0.05) is 17.3 Å². The molecule has 1 aliphatic rings. The number of carbonyl (C=O) groups excluding carboxylic acids is 2. The summed E-state index contributed by atoms with van der Waals surface area (Å²) in [6.45, 7) is 0. The molecule has 0 spiro atoms. The first-order chi connectivity index (χ1) is 8.75. The molecule has 4 heteroatoms. The minimum atomic E-state index is -0.318. The number of allylic oxidation sites excluding steroid dienone is 1. The van der Waals surface area contributed by atoms with Crippen molar-refractivity contribution in [3.8, 4) is 0 Å². The number of rotatable bonds is 2. The van der Waals surface area contributed by atoms with Gasteiger partial charge in [0.2, 0.25) is 5.78 Å². The molecule has 1 amide bonds. The summed E-state index contributed by atoms with van der Waals surface area (Å²) in [7, 11) is 0. The van der Waals surface area contributed by atoms with E-state index in [2.05, 4.69) is 5.32 Å². The number of hydrogen-bond acceptors (Lipinski definition) is 3. The number of carbonyl (C=O) groups is 2. The molecule has 0 atom stereocenters. The lowest BCUT2D eigenvalue weighted by atomic mass is 10.1. The zero-order chi connectivity index (χ0) is 12.5. The van der Waals surface area contributed by atoms with Crippen molar-refractivity contribution in [1.29, 1.82) is 0 Å². The Morgan fingerprint density at radius 2 is 2.00 bits per heavy atom. The Hall–Kier alpha value is -2.62. The van der Waals surface area contributed by atoms with Crippen LogP contribution in [0.25, 0.3) is 5.57 Å². The average molecular weight is 239 g/mol. The van der Waals surface area contributed by atoms with Gasteiger partial charge in [-0.1, -0.05) is 18.2 Å². The van der Waals surface area contributed by atoms with Gasteiger partial charge in [0.1, 0.15) is 0 Å². The maximum absolute atomic E-state index is 11.9. The Labute approximate surface area is 103 Å². The van der Waals surface area contributed by atoms with Gasteiger partial charge >= 0.3 is 0 Å². The van der Waals surface area contributed by atoms with Crippen LogP contribution in [0.15, 0.2) is 53.2 Å². The first-order valence-corrected chi connectivity index (χ1v) is 5.46. The normalized spacial score (nSPS) is 15.6. The molecule has 18 heavy (non-hydrogen) atoms. The minimum absolute atomic E-state index is 0.222. The minimum Gasteiger partial charge on any atom is -0.461 e. The van der Waals surface area contributed by atoms with Crippen LogP contribution < -0.4 is 5.32 Å². The van der Waals surface area contributed by atoms with Crippen molar-refractivity contribution in [3.63, 3.8) is 0 Å². The number of hydrogen-bond donors (Lipinski definition) is 1. The van der Waals surface area contributed by atoms with Gasteiger partial charge in [-0.2, -0.15) is 0 Å². The van der Waals surface area contributed by atoms with E-state index in [1.807, 2.05) is 12.1 Å². The Kier molecular flexibility index (Phi) is 2.34. The van der Waals surface area contributed by atoms with Gasteiger partial charge in [-0.15, -0.1) is 0 Å². The van der Waals surface area contributed by atoms with Gasteiger partial charge in [0.25, 0.3) is 5.91 Å².